The molecule has 3 rings (SSSR count). The molecule has 5 N–H and O–H groups in total. The maximum Gasteiger partial charge on any atom is 0.253 e. The molecule has 2 atom stereocenters. The number of methoxy groups -OCH3 is 1. The van der Waals surface area contributed by atoms with Crippen LogP contribution < -0.4 is 21.5 Å². The second-order valence-electron chi connectivity index (χ2n) is 7.96. The zero-order chi connectivity index (χ0) is 22.9. The van der Waals surface area contributed by atoms with E-state index in [0.29, 0.717) is 37.0 Å². The first-order valence-electron chi connectivity index (χ1n) is 10.7. The van der Waals surface area contributed by atoms with Crippen LogP contribution in [0.3, 0.4) is 0 Å². The third kappa shape index (κ3) is 7.08. The van der Waals surface area contributed by atoms with Crippen LogP contribution in [-0.2, 0) is 11.2 Å². The van der Waals surface area contributed by atoms with Crippen LogP contribution >= 0.6 is 11.6 Å². The quantitative estimate of drug-likeness (QED) is 0.246. The van der Waals surface area contributed by atoms with Crippen LogP contribution in [0.2, 0.25) is 0 Å². The summed E-state index contributed by atoms with van der Waals surface area (Å²) >= 11 is 5.86. The second-order valence-corrected chi connectivity index (χ2v) is 8.37. The summed E-state index contributed by atoms with van der Waals surface area (Å²) in [5, 5.41) is 17.1. The number of hydrazine groups is 1. The summed E-state index contributed by atoms with van der Waals surface area (Å²) in [5.41, 5.74) is 9.87. The van der Waals surface area contributed by atoms with Crippen molar-refractivity contribution in [2.75, 3.05) is 46.9 Å². The number of nitrogens with zero attached hydrogens (tertiary/aromatic N) is 1. The topological polar surface area (TPSA) is 97.9 Å². The summed E-state index contributed by atoms with van der Waals surface area (Å²) in [4.78, 5) is 14.4. The van der Waals surface area contributed by atoms with E-state index in [1.165, 1.54) is 0 Å². The number of allylic oxidation sites excluding steroid dienone is 2. The van der Waals surface area contributed by atoms with E-state index in [9.17, 15) is 9.90 Å². The predicted molar refractivity (Wildman–Crippen MR) is 126 cm³/mol. The number of nitrogens with one attached hydrogen (secondary N) is 4. The first kappa shape index (κ1) is 24.3. The smallest absolute Gasteiger partial charge is 0.253 e. The van der Waals surface area contributed by atoms with E-state index in [1.807, 2.05) is 36.4 Å². The Morgan fingerprint density at radius 2 is 2.12 bits per heavy atom. The number of benzene rings is 1. The minimum Gasteiger partial charge on any atom is -0.387 e. The van der Waals surface area contributed by atoms with E-state index in [4.69, 9.17) is 16.3 Å². The number of aliphatic hydroxyl groups is 1. The molecule has 8 nitrogen and oxygen atoms in total. The highest BCUT2D eigenvalue weighted by atomic mass is 35.5. The van der Waals surface area contributed by atoms with E-state index in [-0.39, 0.29) is 11.9 Å². The molecule has 1 amide bonds. The van der Waals surface area contributed by atoms with E-state index in [2.05, 4.69) is 21.5 Å². The molecule has 2 unspecified atom stereocenters. The molecule has 0 spiro atoms. The third-order valence-corrected chi connectivity index (χ3v) is 5.66. The molecule has 0 aromatic heterocycles. The zero-order valence-corrected chi connectivity index (χ0v) is 19.3. The maximum atomic E-state index is 12.7. The molecule has 1 aromatic carbocycles. The molecule has 32 heavy (non-hydrogen) atoms. The van der Waals surface area contributed by atoms with Crippen molar-refractivity contribution in [2.24, 2.45) is 0 Å². The van der Waals surface area contributed by atoms with Gasteiger partial charge < -0.3 is 30.8 Å². The maximum absolute atomic E-state index is 12.7. The molecule has 2 aliphatic rings. The number of aliphatic hydroxyl groups excluding tert-OH is 1. The lowest BCUT2D eigenvalue weighted by Gasteiger charge is -2.20. The van der Waals surface area contributed by atoms with Crippen LogP contribution in [0.4, 0.5) is 0 Å². The summed E-state index contributed by atoms with van der Waals surface area (Å²) < 4.78 is 5.11. The number of hydrogen-bond acceptors (Lipinski definition) is 7. The molecule has 0 fully saturated rings. The fourth-order valence-electron chi connectivity index (χ4n) is 3.58. The number of hydrogen-bond donors (Lipinski definition) is 5. The summed E-state index contributed by atoms with van der Waals surface area (Å²) in [5.74, 6) is -0.0169. The average molecular weight is 462 g/mol. The van der Waals surface area contributed by atoms with Crippen molar-refractivity contribution in [1.29, 1.82) is 0 Å². The van der Waals surface area contributed by atoms with Crippen LogP contribution in [0, 0.1) is 0 Å². The molecule has 9 heteroatoms. The fraction of sp³-hybridized carbons (Fsp3) is 0.435. The van der Waals surface area contributed by atoms with Crippen LogP contribution in [0.1, 0.15) is 15.9 Å². The van der Waals surface area contributed by atoms with Crippen molar-refractivity contribution in [1.82, 2.24) is 26.4 Å². The van der Waals surface area contributed by atoms with Crippen molar-refractivity contribution in [3.8, 4) is 0 Å². The van der Waals surface area contributed by atoms with Gasteiger partial charge in [0, 0.05) is 45.1 Å². The van der Waals surface area contributed by atoms with Gasteiger partial charge >= 0.3 is 0 Å². The molecule has 0 saturated heterocycles. The lowest BCUT2D eigenvalue weighted by atomic mass is 10.1. The van der Waals surface area contributed by atoms with E-state index in [1.54, 1.807) is 25.1 Å². The highest BCUT2D eigenvalue weighted by molar-refractivity contribution is 6.29. The van der Waals surface area contributed by atoms with Gasteiger partial charge in [-0.15, -0.1) is 0 Å². The lowest BCUT2D eigenvalue weighted by molar-refractivity contribution is 0.0787. The van der Waals surface area contributed by atoms with E-state index >= 15 is 0 Å². The Morgan fingerprint density at radius 1 is 1.34 bits per heavy atom. The summed E-state index contributed by atoms with van der Waals surface area (Å²) in [6.07, 6.45) is 5.90. The van der Waals surface area contributed by atoms with Gasteiger partial charge in [0.15, 0.2) is 0 Å². The predicted octanol–water partition coefficient (Wildman–Crippen LogP) is 0.868. The molecule has 174 valence electrons. The van der Waals surface area contributed by atoms with Gasteiger partial charge in [-0.05, 0) is 48.4 Å². The number of carbonyl (C=O) groups is 1. The van der Waals surface area contributed by atoms with Gasteiger partial charge in [0.2, 0.25) is 0 Å². The number of amides is 1. The molecular formula is C23H32ClN5O3. The Morgan fingerprint density at radius 3 is 2.81 bits per heavy atom. The van der Waals surface area contributed by atoms with Gasteiger partial charge in [-0.3, -0.25) is 4.79 Å². The lowest BCUT2D eigenvalue weighted by Crippen LogP contribution is -2.42. The molecule has 2 heterocycles. The fourth-order valence-corrected chi connectivity index (χ4v) is 3.71. The van der Waals surface area contributed by atoms with Crippen molar-refractivity contribution in [3.05, 3.63) is 70.0 Å². The number of halogens is 1. The summed E-state index contributed by atoms with van der Waals surface area (Å²) in [7, 11) is 3.45. The van der Waals surface area contributed by atoms with Gasteiger partial charge in [-0.2, -0.15) is 0 Å². The molecule has 0 bridgehead atoms. The van der Waals surface area contributed by atoms with Crippen LogP contribution in [0.25, 0.3) is 0 Å². The molecule has 0 radical (unpaired) electrons. The summed E-state index contributed by atoms with van der Waals surface area (Å²) in [6, 6.07) is 7.73. The molecule has 0 aliphatic carbocycles. The SMILES string of the molecule is COCC1=CC(CN(C)C(=O)c2ccc(CCNCC(O)C3=CC=C(Cl)NC3)cc2)NN1. The van der Waals surface area contributed by atoms with Crippen LogP contribution in [-0.4, -0.2) is 75.0 Å². The molecule has 2 aliphatic heterocycles. The average Bonchev–Trinajstić information content (AvgIpc) is 3.24. The van der Waals surface area contributed by atoms with Gasteiger partial charge in [-0.1, -0.05) is 29.8 Å². The van der Waals surface area contributed by atoms with E-state index in [0.717, 1.165) is 29.8 Å². The zero-order valence-electron chi connectivity index (χ0n) is 18.5. The first-order valence-corrected chi connectivity index (χ1v) is 11.1. The largest absolute Gasteiger partial charge is 0.387 e. The van der Waals surface area contributed by atoms with Gasteiger partial charge in [-0.25, -0.2) is 5.43 Å². The Bertz CT molecular complexity index is 869. The highest BCUT2D eigenvalue weighted by Crippen LogP contribution is 2.11. The van der Waals surface area contributed by atoms with Crippen molar-refractivity contribution in [2.45, 2.75) is 18.6 Å². The van der Waals surface area contributed by atoms with Crippen molar-refractivity contribution >= 4 is 17.5 Å². The van der Waals surface area contributed by atoms with Gasteiger partial charge in [0.25, 0.3) is 5.91 Å². The number of ether oxygens (including phenoxy) is 1. The normalized spacial score (nSPS) is 18.8. The van der Waals surface area contributed by atoms with Crippen molar-refractivity contribution in [3.63, 3.8) is 0 Å². The van der Waals surface area contributed by atoms with E-state index < -0.39 is 6.10 Å². The third-order valence-electron chi connectivity index (χ3n) is 5.40. The van der Waals surface area contributed by atoms with Crippen molar-refractivity contribution < 1.29 is 14.6 Å². The minimum atomic E-state index is -0.552. The van der Waals surface area contributed by atoms with Gasteiger partial charge in [0.1, 0.15) is 5.16 Å². The summed E-state index contributed by atoms with van der Waals surface area (Å²) in [6.45, 7) is 2.84. The minimum absolute atomic E-state index is 0.0169. The van der Waals surface area contributed by atoms with Crippen LogP contribution in [0.5, 0.6) is 0 Å². The number of likely N-dealkylation sites (N-methyl/N-ethyl adjacent to an activating group) is 1. The van der Waals surface area contributed by atoms with Gasteiger partial charge in [0.05, 0.1) is 18.8 Å². The Hall–Kier alpha value is -2.36. The number of rotatable bonds is 11. The number of dihydropyridines is 1. The standard InChI is InChI=1S/C23H32ClN5O3/c1-29(14-19-11-20(15-32-2)28-27-19)23(31)17-5-3-16(4-6-17)9-10-25-13-21(30)18-7-8-22(24)26-12-18/h3-8,11,19,21,25-28,30H,9-10,12-15H2,1-2H3. The first-order chi connectivity index (χ1) is 15.5. The Balaban J connectivity index is 1.40. The molecule has 1 aromatic rings. The Labute approximate surface area is 194 Å². The number of carbonyl (C=O) groups excluding carboxylic acids is 1. The second kappa shape index (κ2) is 12.0. The highest BCUT2D eigenvalue weighted by Gasteiger charge is 2.19. The molecule has 0 saturated carbocycles. The Kier molecular flexibility index (Phi) is 9.13. The monoisotopic (exact) mass is 461 g/mol. The van der Waals surface area contributed by atoms with Crippen LogP contribution in [0.15, 0.2) is 58.9 Å². The molecular weight excluding hydrogens is 430 g/mol.